The van der Waals surface area contributed by atoms with Gasteiger partial charge in [0.05, 0.1) is 12.7 Å². The highest BCUT2D eigenvalue weighted by atomic mass is 16.5. The van der Waals surface area contributed by atoms with E-state index in [2.05, 4.69) is 0 Å². The van der Waals surface area contributed by atoms with Crippen LogP contribution in [0.25, 0.3) is 11.6 Å². The van der Waals surface area contributed by atoms with Gasteiger partial charge < -0.3 is 14.6 Å². The van der Waals surface area contributed by atoms with Gasteiger partial charge in [-0.2, -0.15) is 0 Å². The summed E-state index contributed by atoms with van der Waals surface area (Å²) in [6, 6.07) is 22.4. The molecule has 0 aliphatic heterocycles. The maximum Gasteiger partial charge on any atom is 0.336 e. The summed E-state index contributed by atoms with van der Waals surface area (Å²) in [4.78, 5) is 11.7. The molecule has 0 aliphatic carbocycles. The molecule has 0 heterocycles. The molecule has 4 heteroatoms. The van der Waals surface area contributed by atoms with Gasteiger partial charge in [-0.05, 0) is 47.4 Å². The van der Waals surface area contributed by atoms with Gasteiger partial charge in [0, 0.05) is 0 Å². The van der Waals surface area contributed by atoms with Crippen molar-refractivity contribution in [1.29, 1.82) is 0 Å². The monoisotopic (exact) mass is 374 g/mol. The van der Waals surface area contributed by atoms with Gasteiger partial charge in [0.2, 0.25) is 0 Å². The van der Waals surface area contributed by atoms with Crippen LogP contribution < -0.4 is 9.47 Å². The van der Waals surface area contributed by atoms with E-state index in [1.165, 1.54) is 0 Å². The Morgan fingerprint density at radius 1 is 0.964 bits per heavy atom. The Bertz CT molecular complexity index is 990. The molecule has 0 spiro atoms. The minimum Gasteiger partial charge on any atom is -0.493 e. The number of carboxylic acids is 1. The minimum atomic E-state index is -0.982. The van der Waals surface area contributed by atoms with Crippen LogP contribution in [-0.2, 0) is 11.4 Å². The first kappa shape index (κ1) is 19.2. The van der Waals surface area contributed by atoms with Crippen LogP contribution in [-0.4, -0.2) is 18.2 Å². The first-order chi connectivity index (χ1) is 13.6. The average molecular weight is 374 g/mol. The lowest BCUT2D eigenvalue weighted by atomic mass is 10.0. The van der Waals surface area contributed by atoms with Crippen LogP contribution in [0.5, 0.6) is 11.5 Å². The molecule has 0 amide bonds. The number of carbonyl (C=O) groups is 1. The lowest BCUT2D eigenvalue weighted by Gasteiger charge is -2.13. The molecule has 0 atom stereocenters. The number of benzene rings is 3. The zero-order valence-corrected chi connectivity index (χ0v) is 15.9. The Morgan fingerprint density at radius 2 is 1.68 bits per heavy atom. The van der Waals surface area contributed by atoms with Gasteiger partial charge in [-0.25, -0.2) is 4.79 Å². The number of hydrogen-bond donors (Lipinski definition) is 1. The zero-order chi connectivity index (χ0) is 19.9. The van der Waals surface area contributed by atoms with E-state index in [0.717, 1.165) is 16.7 Å². The van der Waals surface area contributed by atoms with Crippen molar-refractivity contribution >= 4 is 17.6 Å². The normalized spacial score (nSPS) is 11.1. The SMILES string of the molecule is COc1ccc(/C=C(\C(=O)O)c2ccccc2)cc1OCc1ccccc1C. The van der Waals surface area contributed by atoms with Crippen molar-refractivity contribution in [2.75, 3.05) is 7.11 Å². The van der Waals surface area contributed by atoms with Crippen LogP contribution in [0.15, 0.2) is 72.8 Å². The predicted molar refractivity (Wildman–Crippen MR) is 110 cm³/mol. The fourth-order valence-electron chi connectivity index (χ4n) is 2.88. The summed E-state index contributed by atoms with van der Waals surface area (Å²) in [5, 5.41) is 9.62. The van der Waals surface area contributed by atoms with Crippen molar-refractivity contribution in [1.82, 2.24) is 0 Å². The summed E-state index contributed by atoms with van der Waals surface area (Å²) in [6.07, 6.45) is 1.64. The summed E-state index contributed by atoms with van der Waals surface area (Å²) >= 11 is 0. The second kappa shape index (κ2) is 8.91. The first-order valence-electron chi connectivity index (χ1n) is 8.94. The molecular weight excluding hydrogens is 352 g/mol. The quantitative estimate of drug-likeness (QED) is 0.456. The Morgan fingerprint density at radius 3 is 2.36 bits per heavy atom. The third-order valence-corrected chi connectivity index (χ3v) is 4.46. The molecule has 0 fully saturated rings. The number of methoxy groups -OCH3 is 1. The van der Waals surface area contributed by atoms with E-state index in [4.69, 9.17) is 9.47 Å². The van der Waals surface area contributed by atoms with E-state index >= 15 is 0 Å². The van der Waals surface area contributed by atoms with Crippen LogP contribution in [0.2, 0.25) is 0 Å². The van der Waals surface area contributed by atoms with Crippen LogP contribution in [0.1, 0.15) is 22.3 Å². The number of aliphatic carboxylic acids is 1. The van der Waals surface area contributed by atoms with Crippen LogP contribution in [0.3, 0.4) is 0 Å². The second-order valence-electron chi connectivity index (χ2n) is 6.35. The summed E-state index contributed by atoms with van der Waals surface area (Å²) in [5.74, 6) is 0.184. The molecule has 3 aromatic rings. The summed E-state index contributed by atoms with van der Waals surface area (Å²) < 4.78 is 11.4. The summed E-state index contributed by atoms with van der Waals surface area (Å²) in [5.41, 5.74) is 3.82. The average Bonchev–Trinajstić information content (AvgIpc) is 2.72. The van der Waals surface area contributed by atoms with Crippen LogP contribution >= 0.6 is 0 Å². The van der Waals surface area contributed by atoms with E-state index in [0.29, 0.717) is 23.7 Å². The van der Waals surface area contributed by atoms with Crippen molar-refractivity contribution < 1.29 is 19.4 Å². The van der Waals surface area contributed by atoms with Crippen molar-refractivity contribution in [3.05, 3.63) is 95.1 Å². The zero-order valence-electron chi connectivity index (χ0n) is 15.9. The molecule has 0 saturated heterocycles. The van der Waals surface area contributed by atoms with E-state index in [9.17, 15) is 9.90 Å². The number of carboxylic acid groups (broad SMARTS) is 1. The highest BCUT2D eigenvalue weighted by molar-refractivity contribution is 6.20. The molecular formula is C24H22O4. The third-order valence-electron chi connectivity index (χ3n) is 4.46. The predicted octanol–water partition coefficient (Wildman–Crippen LogP) is 5.21. The first-order valence-corrected chi connectivity index (χ1v) is 8.94. The van der Waals surface area contributed by atoms with Gasteiger partial charge in [-0.15, -0.1) is 0 Å². The molecule has 3 aromatic carbocycles. The maximum atomic E-state index is 11.7. The van der Waals surface area contributed by atoms with Crippen molar-refractivity contribution in [2.45, 2.75) is 13.5 Å². The van der Waals surface area contributed by atoms with Crippen molar-refractivity contribution in [3.8, 4) is 11.5 Å². The van der Waals surface area contributed by atoms with Crippen LogP contribution in [0, 0.1) is 6.92 Å². The molecule has 3 rings (SSSR count). The highest BCUT2D eigenvalue weighted by Crippen LogP contribution is 2.31. The molecule has 142 valence electrons. The van der Waals surface area contributed by atoms with Gasteiger partial charge in [-0.1, -0.05) is 60.7 Å². The molecule has 0 saturated carbocycles. The smallest absolute Gasteiger partial charge is 0.336 e. The number of hydrogen-bond acceptors (Lipinski definition) is 3. The molecule has 1 N–H and O–H groups in total. The topological polar surface area (TPSA) is 55.8 Å². The van der Waals surface area contributed by atoms with Crippen molar-refractivity contribution in [2.24, 2.45) is 0 Å². The van der Waals surface area contributed by atoms with E-state index in [1.54, 1.807) is 37.5 Å². The van der Waals surface area contributed by atoms with Gasteiger partial charge in [0.1, 0.15) is 6.61 Å². The van der Waals surface area contributed by atoms with Gasteiger partial charge in [0.15, 0.2) is 11.5 Å². The molecule has 0 unspecified atom stereocenters. The Kier molecular flexibility index (Phi) is 6.12. The van der Waals surface area contributed by atoms with E-state index in [-0.39, 0.29) is 5.57 Å². The molecule has 0 aliphatic rings. The largest absolute Gasteiger partial charge is 0.493 e. The van der Waals surface area contributed by atoms with Gasteiger partial charge in [0.25, 0.3) is 0 Å². The van der Waals surface area contributed by atoms with E-state index < -0.39 is 5.97 Å². The number of ether oxygens (including phenoxy) is 2. The molecule has 28 heavy (non-hydrogen) atoms. The summed E-state index contributed by atoms with van der Waals surface area (Å²) in [7, 11) is 1.58. The minimum absolute atomic E-state index is 0.218. The highest BCUT2D eigenvalue weighted by Gasteiger charge is 2.12. The molecule has 4 nitrogen and oxygen atoms in total. The summed E-state index contributed by atoms with van der Waals surface area (Å²) in [6.45, 7) is 2.44. The molecule has 0 aromatic heterocycles. The van der Waals surface area contributed by atoms with Gasteiger partial charge in [-0.3, -0.25) is 0 Å². The number of aryl methyl sites for hydroxylation is 1. The fraction of sp³-hybridized carbons (Fsp3) is 0.125. The fourth-order valence-corrected chi connectivity index (χ4v) is 2.88. The van der Waals surface area contributed by atoms with E-state index in [1.807, 2.05) is 55.5 Å². The standard InChI is InChI=1S/C24H22O4/c1-17-8-6-7-11-20(17)16-28-23-15-18(12-13-22(23)27-2)14-21(24(25)26)19-9-4-3-5-10-19/h3-15H,16H2,1-2H3,(H,25,26)/b21-14-. The number of rotatable bonds is 7. The molecule has 0 radical (unpaired) electrons. The Balaban J connectivity index is 1.91. The third kappa shape index (κ3) is 4.60. The van der Waals surface area contributed by atoms with Crippen molar-refractivity contribution in [3.63, 3.8) is 0 Å². The van der Waals surface area contributed by atoms with Gasteiger partial charge >= 0.3 is 5.97 Å². The molecule has 0 bridgehead atoms. The Hall–Kier alpha value is -3.53. The Labute approximate surface area is 164 Å². The lowest BCUT2D eigenvalue weighted by Crippen LogP contribution is -2.01. The lowest BCUT2D eigenvalue weighted by molar-refractivity contribution is -0.130. The maximum absolute atomic E-state index is 11.7. The van der Waals surface area contributed by atoms with Crippen LogP contribution in [0.4, 0.5) is 0 Å². The second-order valence-corrected chi connectivity index (χ2v) is 6.35.